The minimum Gasteiger partial charge on any atom is -0.343 e. The molecule has 5 rings (SSSR count). The number of rotatable bonds is 4. The van der Waals surface area contributed by atoms with Crippen LogP contribution in [0.4, 0.5) is 4.39 Å². The number of nitrogens with zero attached hydrogens (tertiary/aromatic N) is 5. The van der Waals surface area contributed by atoms with Gasteiger partial charge >= 0.3 is 0 Å². The van der Waals surface area contributed by atoms with E-state index in [1.54, 1.807) is 32.6 Å². The molecule has 9 heteroatoms. The number of amides is 2. The van der Waals surface area contributed by atoms with Crippen LogP contribution >= 0.6 is 0 Å². The van der Waals surface area contributed by atoms with Gasteiger partial charge in [-0.15, -0.1) is 0 Å². The lowest BCUT2D eigenvalue weighted by Crippen LogP contribution is -2.53. The second-order valence-electron chi connectivity index (χ2n) is 11.2. The molecule has 2 aliphatic heterocycles. The minimum absolute atomic E-state index is 0.00820. The third kappa shape index (κ3) is 4.59. The first-order valence-corrected chi connectivity index (χ1v) is 12.4. The Bertz CT molecular complexity index is 1310. The Labute approximate surface area is 210 Å². The van der Waals surface area contributed by atoms with Crippen LogP contribution < -0.4 is 0 Å². The highest BCUT2D eigenvalue weighted by Crippen LogP contribution is 2.31. The molecule has 190 valence electrons. The van der Waals surface area contributed by atoms with Gasteiger partial charge in [-0.05, 0) is 48.1 Å². The number of halogens is 1. The SMILES string of the molecule is CC(C)c1cc(-c2ccc(F)cc2)nn2cc(C(=O)N3CCN4C(=O)C(CC(C)(C)C)OC4C3)nc12. The summed E-state index contributed by atoms with van der Waals surface area (Å²) >= 11 is 0. The van der Waals surface area contributed by atoms with E-state index in [1.807, 2.05) is 6.07 Å². The second-order valence-corrected chi connectivity index (χ2v) is 11.2. The normalized spacial score (nSPS) is 20.5. The fraction of sp³-hybridized carbons (Fsp3) is 0.481. The molecule has 2 fully saturated rings. The van der Waals surface area contributed by atoms with Crippen LogP contribution in [0.1, 0.15) is 63.0 Å². The van der Waals surface area contributed by atoms with Crippen LogP contribution in [0.5, 0.6) is 0 Å². The van der Waals surface area contributed by atoms with E-state index in [4.69, 9.17) is 4.74 Å². The molecule has 0 aliphatic carbocycles. The molecular formula is C27H32FN5O3. The average Bonchev–Trinajstić information content (AvgIpc) is 3.38. The fourth-order valence-electron chi connectivity index (χ4n) is 4.88. The third-order valence-electron chi connectivity index (χ3n) is 6.73. The van der Waals surface area contributed by atoms with E-state index < -0.39 is 12.3 Å². The van der Waals surface area contributed by atoms with Gasteiger partial charge in [-0.1, -0.05) is 34.6 Å². The first-order chi connectivity index (χ1) is 17.0. The molecule has 0 radical (unpaired) electrons. The van der Waals surface area contributed by atoms with Crippen LogP contribution in [0.15, 0.2) is 36.5 Å². The first kappa shape index (κ1) is 24.4. The number of imidazole rings is 1. The van der Waals surface area contributed by atoms with Gasteiger partial charge in [0.1, 0.15) is 17.6 Å². The van der Waals surface area contributed by atoms with Crippen LogP contribution in [0.2, 0.25) is 0 Å². The molecular weight excluding hydrogens is 461 g/mol. The Morgan fingerprint density at radius 1 is 1.19 bits per heavy atom. The Morgan fingerprint density at radius 3 is 2.58 bits per heavy atom. The van der Waals surface area contributed by atoms with Gasteiger partial charge in [0.05, 0.1) is 18.4 Å². The highest BCUT2D eigenvalue weighted by Gasteiger charge is 2.45. The maximum Gasteiger partial charge on any atom is 0.274 e. The van der Waals surface area contributed by atoms with E-state index in [0.29, 0.717) is 43.1 Å². The number of aromatic nitrogens is 3. The van der Waals surface area contributed by atoms with Gasteiger partial charge < -0.3 is 14.5 Å². The smallest absolute Gasteiger partial charge is 0.274 e. The summed E-state index contributed by atoms with van der Waals surface area (Å²) in [6.45, 7) is 11.5. The summed E-state index contributed by atoms with van der Waals surface area (Å²) in [5.41, 5.74) is 3.29. The monoisotopic (exact) mass is 493 g/mol. The van der Waals surface area contributed by atoms with Gasteiger partial charge in [0.15, 0.2) is 11.9 Å². The summed E-state index contributed by atoms with van der Waals surface area (Å²) in [5.74, 6) is -0.374. The molecule has 0 N–H and O–H groups in total. The number of carbonyl (C=O) groups excluding carboxylic acids is 2. The predicted octanol–water partition coefficient (Wildman–Crippen LogP) is 4.10. The summed E-state index contributed by atoms with van der Waals surface area (Å²) in [6, 6.07) is 8.12. The Hall–Kier alpha value is -3.33. The van der Waals surface area contributed by atoms with Crippen LogP contribution in [0, 0.1) is 11.2 Å². The van der Waals surface area contributed by atoms with E-state index >= 15 is 0 Å². The molecule has 1 aromatic carbocycles. The molecule has 2 saturated heterocycles. The van der Waals surface area contributed by atoms with E-state index in [-0.39, 0.29) is 29.0 Å². The number of carbonyl (C=O) groups is 2. The Kier molecular flexibility index (Phi) is 6.06. The highest BCUT2D eigenvalue weighted by molar-refractivity contribution is 5.93. The van der Waals surface area contributed by atoms with Crippen LogP contribution in [-0.4, -0.2) is 68.2 Å². The molecule has 3 aromatic rings. The predicted molar refractivity (Wildman–Crippen MR) is 133 cm³/mol. The quantitative estimate of drug-likeness (QED) is 0.547. The van der Waals surface area contributed by atoms with E-state index in [9.17, 15) is 14.0 Å². The zero-order valence-corrected chi connectivity index (χ0v) is 21.4. The number of benzene rings is 1. The standard InChI is InChI=1S/C27H32FN5O3/c1-16(2)19-12-20(17-6-8-18(28)9-7-17)30-33-14-21(29-24(19)33)25(34)31-10-11-32-23(15-31)36-22(26(32)35)13-27(3,4)5/h6-9,12,14,16,22-23H,10-11,13,15H2,1-5H3. The molecule has 2 amide bonds. The van der Waals surface area contributed by atoms with Gasteiger partial charge in [0.2, 0.25) is 0 Å². The van der Waals surface area contributed by atoms with Crippen molar-refractivity contribution in [3.63, 3.8) is 0 Å². The van der Waals surface area contributed by atoms with Crippen molar-refractivity contribution in [3.8, 4) is 11.3 Å². The summed E-state index contributed by atoms with van der Waals surface area (Å²) in [4.78, 5) is 34.3. The van der Waals surface area contributed by atoms with Crippen molar-refractivity contribution in [2.24, 2.45) is 5.41 Å². The Morgan fingerprint density at radius 2 is 1.92 bits per heavy atom. The van der Waals surface area contributed by atoms with Crippen molar-refractivity contribution in [2.45, 2.75) is 59.3 Å². The van der Waals surface area contributed by atoms with Gasteiger partial charge in [-0.3, -0.25) is 9.59 Å². The minimum atomic E-state index is -0.470. The van der Waals surface area contributed by atoms with Gasteiger partial charge in [-0.25, -0.2) is 13.9 Å². The maximum absolute atomic E-state index is 13.4. The number of fused-ring (bicyclic) bond motifs is 2. The topological polar surface area (TPSA) is 80.0 Å². The molecule has 2 unspecified atom stereocenters. The van der Waals surface area contributed by atoms with Crippen molar-refractivity contribution >= 4 is 17.5 Å². The lowest BCUT2D eigenvalue weighted by atomic mass is 9.89. The van der Waals surface area contributed by atoms with E-state index in [0.717, 1.165) is 11.1 Å². The summed E-state index contributed by atoms with van der Waals surface area (Å²) in [5, 5.41) is 4.66. The van der Waals surface area contributed by atoms with Crippen molar-refractivity contribution in [3.05, 3.63) is 53.6 Å². The molecule has 2 aromatic heterocycles. The van der Waals surface area contributed by atoms with E-state index in [2.05, 4.69) is 44.7 Å². The van der Waals surface area contributed by atoms with Crippen molar-refractivity contribution in [1.29, 1.82) is 0 Å². The molecule has 2 aliphatic rings. The molecule has 0 bridgehead atoms. The number of hydrogen-bond donors (Lipinski definition) is 0. The third-order valence-corrected chi connectivity index (χ3v) is 6.73. The number of ether oxygens (including phenoxy) is 1. The maximum atomic E-state index is 13.4. The second kappa shape index (κ2) is 8.96. The molecule has 36 heavy (non-hydrogen) atoms. The lowest BCUT2D eigenvalue weighted by Gasteiger charge is -2.35. The summed E-state index contributed by atoms with van der Waals surface area (Å²) in [6.07, 6.45) is 1.38. The average molecular weight is 494 g/mol. The van der Waals surface area contributed by atoms with Gasteiger partial charge in [-0.2, -0.15) is 5.10 Å². The first-order valence-electron chi connectivity index (χ1n) is 12.4. The Balaban J connectivity index is 1.40. The molecule has 0 saturated carbocycles. The highest BCUT2D eigenvalue weighted by atomic mass is 19.1. The molecule has 4 heterocycles. The summed E-state index contributed by atoms with van der Waals surface area (Å²) in [7, 11) is 0. The van der Waals surface area contributed by atoms with Crippen LogP contribution in [0.25, 0.3) is 16.9 Å². The summed E-state index contributed by atoms with van der Waals surface area (Å²) < 4.78 is 21.1. The molecule has 0 spiro atoms. The zero-order valence-electron chi connectivity index (χ0n) is 21.4. The largest absolute Gasteiger partial charge is 0.343 e. The van der Waals surface area contributed by atoms with Crippen LogP contribution in [0.3, 0.4) is 0 Å². The van der Waals surface area contributed by atoms with Crippen LogP contribution in [-0.2, 0) is 9.53 Å². The van der Waals surface area contributed by atoms with Gasteiger partial charge in [0.25, 0.3) is 11.8 Å². The van der Waals surface area contributed by atoms with Crippen molar-refractivity contribution in [2.75, 3.05) is 19.6 Å². The van der Waals surface area contributed by atoms with Crippen molar-refractivity contribution < 1.29 is 18.7 Å². The van der Waals surface area contributed by atoms with Gasteiger partial charge in [0, 0.05) is 24.2 Å². The molecule has 8 nitrogen and oxygen atoms in total. The van der Waals surface area contributed by atoms with E-state index in [1.165, 1.54) is 12.1 Å². The number of piperazine rings is 1. The fourth-order valence-corrected chi connectivity index (χ4v) is 4.88. The lowest BCUT2D eigenvalue weighted by molar-refractivity contribution is -0.132. The zero-order chi connectivity index (χ0) is 25.8. The van der Waals surface area contributed by atoms with Crippen molar-refractivity contribution in [1.82, 2.24) is 24.4 Å². The number of hydrogen-bond acceptors (Lipinski definition) is 5. The molecule has 2 atom stereocenters.